The van der Waals surface area contributed by atoms with Crippen LogP contribution in [-0.4, -0.2) is 36.3 Å². The predicted octanol–water partition coefficient (Wildman–Crippen LogP) is 1.26. The monoisotopic (exact) mass is 225 g/mol. The lowest BCUT2D eigenvalue weighted by atomic mass is 10.2. The van der Waals surface area contributed by atoms with E-state index < -0.39 is 0 Å². The van der Waals surface area contributed by atoms with Gasteiger partial charge in [-0.1, -0.05) is 5.16 Å². The highest BCUT2D eigenvalue weighted by molar-refractivity contribution is 5.80. The smallest absolute Gasteiger partial charge is 0.161 e. The molecule has 0 spiro atoms. The first kappa shape index (κ1) is 12.3. The summed E-state index contributed by atoms with van der Waals surface area (Å²) in [5.74, 6) is 1.12. The van der Waals surface area contributed by atoms with Crippen LogP contribution in [0.5, 0.6) is 11.5 Å². The Morgan fingerprint density at radius 2 is 2.12 bits per heavy atom. The number of nitrogens with zero attached hydrogens (tertiary/aromatic N) is 1. The molecule has 16 heavy (non-hydrogen) atoms. The van der Waals surface area contributed by atoms with Crippen molar-refractivity contribution in [1.29, 1.82) is 0 Å². The molecule has 0 radical (unpaired) electrons. The van der Waals surface area contributed by atoms with E-state index in [0.717, 1.165) is 0 Å². The van der Waals surface area contributed by atoms with E-state index >= 15 is 0 Å². The molecular weight excluding hydrogens is 210 g/mol. The number of aliphatic hydroxyl groups is 1. The zero-order valence-electron chi connectivity index (χ0n) is 9.09. The van der Waals surface area contributed by atoms with Gasteiger partial charge in [-0.15, -0.1) is 0 Å². The quantitative estimate of drug-likeness (QED) is 0.434. The molecule has 0 saturated heterocycles. The van der Waals surface area contributed by atoms with Gasteiger partial charge < -0.3 is 19.8 Å². The van der Waals surface area contributed by atoms with Crippen molar-refractivity contribution in [3.8, 4) is 11.5 Å². The fourth-order valence-corrected chi connectivity index (χ4v) is 1.21. The highest BCUT2D eigenvalue weighted by atomic mass is 16.5. The predicted molar refractivity (Wildman–Crippen MR) is 59.6 cm³/mol. The van der Waals surface area contributed by atoms with Gasteiger partial charge in [-0.05, 0) is 25.1 Å². The van der Waals surface area contributed by atoms with Crippen LogP contribution in [0, 0.1) is 0 Å². The second kappa shape index (κ2) is 6.68. The lowest BCUT2D eigenvalue weighted by Gasteiger charge is -2.11. The van der Waals surface area contributed by atoms with E-state index in [9.17, 15) is 0 Å². The SMILES string of the molecule is CCOc1cc(/C=N/O)ccc1OCCO. The molecule has 0 aliphatic carbocycles. The molecular formula is C11H15NO4. The Balaban J connectivity index is 2.89. The van der Waals surface area contributed by atoms with Crippen molar-refractivity contribution in [1.82, 2.24) is 0 Å². The van der Waals surface area contributed by atoms with Gasteiger partial charge in [0.1, 0.15) is 6.61 Å². The Morgan fingerprint density at radius 3 is 2.75 bits per heavy atom. The Kier molecular flexibility index (Phi) is 5.15. The zero-order chi connectivity index (χ0) is 11.8. The molecule has 1 rings (SSSR count). The number of benzene rings is 1. The first-order chi connectivity index (χ1) is 7.81. The molecule has 1 aromatic rings. The third-order valence-electron chi connectivity index (χ3n) is 1.82. The molecule has 0 saturated carbocycles. The second-order valence-corrected chi connectivity index (χ2v) is 2.96. The maximum absolute atomic E-state index is 8.67. The van der Waals surface area contributed by atoms with Gasteiger partial charge in [-0.25, -0.2) is 0 Å². The van der Waals surface area contributed by atoms with E-state index in [0.29, 0.717) is 23.7 Å². The van der Waals surface area contributed by atoms with Crippen LogP contribution in [0.4, 0.5) is 0 Å². The fourth-order valence-electron chi connectivity index (χ4n) is 1.21. The summed E-state index contributed by atoms with van der Waals surface area (Å²) in [6.45, 7) is 2.54. The van der Waals surface area contributed by atoms with Crippen molar-refractivity contribution in [2.75, 3.05) is 19.8 Å². The zero-order valence-corrected chi connectivity index (χ0v) is 9.09. The molecule has 0 aromatic heterocycles. The average Bonchev–Trinajstić information content (AvgIpc) is 2.29. The van der Waals surface area contributed by atoms with Gasteiger partial charge in [0, 0.05) is 5.56 Å². The van der Waals surface area contributed by atoms with Gasteiger partial charge in [0.25, 0.3) is 0 Å². The molecule has 0 unspecified atom stereocenters. The standard InChI is InChI=1S/C11H15NO4/c1-2-15-11-7-9(8-12-14)3-4-10(11)16-6-5-13/h3-4,7-8,13-14H,2,5-6H2,1H3/b12-8+. The van der Waals surface area contributed by atoms with Gasteiger partial charge in [-0.2, -0.15) is 0 Å². The molecule has 0 heterocycles. The van der Waals surface area contributed by atoms with E-state index in [1.54, 1.807) is 18.2 Å². The van der Waals surface area contributed by atoms with Gasteiger partial charge in [0.2, 0.25) is 0 Å². The normalized spacial score (nSPS) is 10.6. The number of rotatable bonds is 6. The summed E-state index contributed by atoms with van der Waals surface area (Å²) in [4.78, 5) is 0. The Hall–Kier alpha value is -1.75. The minimum absolute atomic E-state index is 0.0502. The Labute approximate surface area is 93.9 Å². The van der Waals surface area contributed by atoms with Crippen LogP contribution in [0.15, 0.2) is 23.4 Å². The molecule has 0 bridgehead atoms. The summed E-state index contributed by atoms with van der Waals surface area (Å²) in [5.41, 5.74) is 0.710. The van der Waals surface area contributed by atoms with E-state index in [4.69, 9.17) is 19.8 Å². The third kappa shape index (κ3) is 3.43. The molecule has 88 valence electrons. The van der Waals surface area contributed by atoms with Crippen molar-refractivity contribution in [3.63, 3.8) is 0 Å². The van der Waals surface area contributed by atoms with Gasteiger partial charge in [-0.3, -0.25) is 0 Å². The molecule has 5 heteroatoms. The van der Waals surface area contributed by atoms with Crippen LogP contribution in [0.25, 0.3) is 0 Å². The lowest BCUT2D eigenvalue weighted by Crippen LogP contribution is -2.04. The number of oxime groups is 1. The molecule has 0 atom stereocenters. The van der Waals surface area contributed by atoms with E-state index in [1.807, 2.05) is 6.92 Å². The van der Waals surface area contributed by atoms with Crippen LogP contribution < -0.4 is 9.47 Å². The van der Waals surface area contributed by atoms with Crippen molar-refractivity contribution in [2.24, 2.45) is 5.16 Å². The second-order valence-electron chi connectivity index (χ2n) is 2.96. The van der Waals surface area contributed by atoms with E-state index in [-0.39, 0.29) is 13.2 Å². The number of hydrogen-bond donors (Lipinski definition) is 2. The van der Waals surface area contributed by atoms with E-state index in [2.05, 4.69) is 5.16 Å². The van der Waals surface area contributed by atoms with Gasteiger partial charge in [0.15, 0.2) is 11.5 Å². The number of ether oxygens (including phenoxy) is 2. The highest BCUT2D eigenvalue weighted by Gasteiger charge is 2.05. The maximum Gasteiger partial charge on any atom is 0.161 e. The van der Waals surface area contributed by atoms with Crippen LogP contribution in [0.3, 0.4) is 0 Å². The van der Waals surface area contributed by atoms with Crippen molar-refractivity contribution >= 4 is 6.21 Å². The minimum atomic E-state index is -0.0502. The van der Waals surface area contributed by atoms with Crippen LogP contribution in [0.2, 0.25) is 0 Å². The molecule has 2 N–H and O–H groups in total. The van der Waals surface area contributed by atoms with Crippen LogP contribution >= 0.6 is 0 Å². The molecule has 0 fully saturated rings. The van der Waals surface area contributed by atoms with E-state index in [1.165, 1.54) is 6.21 Å². The number of aliphatic hydroxyl groups excluding tert-OH is 1. The first-order valence-electron chi connectivity index (χ1n) is 4.99. The van der Waals surface area contributed by atoms with Crippen LogP contribution in [-0.2, 0) is 0 Å². The number of hydrogen-bond acceptors (Lipinski definition) is 5. The largest absolute Gasteiger partial charge is 0.490 e. The fraction of sp³-hybridized carbons (Fsp3) is 0.364. The lowest BCUT2D eigenvalue weighted by molar-refractivity contribution is 0.194. The van der Waals surface area contributed by atoms with Crippen molar-refractivity contribution in [2.45, 2.75) is 6.92 Å². The third-order valence-corrected chi connectivity index (χ3v) is 1.82. The molecule has 0 amide bonds. The topological polar surface area (TPSA) is 71.3 Å². The summed E-state index contributed by atoms with van der Waals surface area (Å²) in [7, 11) is 0. The average molecular weight is 225 g/mol. The molecule has 5 nitrogen and oxygen atoms in total. The molecule has 0 aliphatic heterocycles. The van der Waals surface area contributed by atoms with Crippen molar-refractivity contribution < 1.29 is 19.8 Å². The molecule has 1 aromatic carbocycles. The Morgan fingerprint density at radius 1 is 1.31 bits per heavy atom. The maximum atomic E-state index is 8.67. The minimum Gasteiger partial charge on any atom is -0.490 e. The Bertz CT molecular complexity index is 352. The summed E-state index contributed by atoms with van der Waals surface area (Å²) in [6.07, 6.45) is 1.30. The van der Waals surface area contributed by atoms with Gasteiger partial charge in [0.05, 0.1) is 19.4 Å². The van der Waals surface area contributed by atoms with Gasteiger partial charge >= 0.3 is 0 Å². The molecule has 0 aliphatic rings. The first-order valence-corrected chi connectivity index (χ1v) is 4.99. The summed E-state index contributed by atoms with van der Waals surface area (Å²) < 4.78 is 10.7. The van der Waals surface area contributed by atoms with Crippen molar-refractivity contribution in [3.05, 3.63) is 23.8 Å². The summed E-state index contributed by atoms with van der Waals surface area (Å²) >= 11 is 0. The highest BCUT2D eigenvalue weighted by Crippen LogP contribution is 2.27. The summed E-state index contributed by atoms with van der Waals surface area (Å²) in [5, 5.41) is 20.0. The van der Waals surface area contributed by atoms with Crippen LogP contribution in [0.1, 0.15) is 12.5 Å². The summed E-state index contributed by atoms with van der Waals surface area (Å²) in [6, 6.07) is 5.14.